The van der Waals surface area contributed by atoms with E-state index in [1.807, 2.05) is 0 Å². The third kappa shape index (κ3) is 6.21. The van der Waals surface area contributed by atoms with Crippen LogP contribution in [0.4, 0.5) is 13.2 Å². The highest BCUT2D eigenvalue weighted by Crippen LogP contribution is 2.23. The van der Waals surface area contributed by atoms with Crippen LogP contribution < -0.4 is 10.5 Å². The largest absolute Gasteiger partial charge is 0.573 e. The second-order valence-corrected chi connectivity index (χ2v) is 6.42. The standard InChI is InChI=1S/C17H22F3N3O3/c1-22(10-12-2-4-14(5-3-12)26-17(18,19)20)11-15(24)23-8-6-13(7-9-23)16(21)25/h2-5,13H,6-11H2,1H3,(H2,21,25). The second-order valence-electron chi connectivity index (χ2n) is 6.42. The van der Waals surface area contributed by atoms with Gasteiger partial charge < -0.3 is 15.4 Å². The fourth-order valence-electron chi connectivity index (χ4n) is 2.91. The summed E-state index contributed by atoms with van der Waals surface area (Å²) in [6.45, 7) is 1.60. The molecule has 1 aromatic rings. The SMILES string of the molecule is CN(CC(=O)N1CCC(C(N)=O)CC1)Cc1ccc(OC(F)(F)F)cc1. The molecule has 0 bridgehead atoms. The van der Waals surface area contributed by atoms with Crippen LogP contribution in [0, 0.1) is 5.92 Å². The van der Waals surface area contributed by atoms with Crippen LogP contribution in [0.25, 0.3) is 0 Å². The molecule has 0 unspecified atom stereocenters. The fourth-order valence-corrected chi connectivity index (χ4v) is 2.91. The van der Waals surface area contributed by atoms with Gasteiger partial charge in [-0.05, 0) is 37.6 Å². The van der Waals surface area contributed by atoms with Crippen molar-refractivity contribution >= 4 is 11.8 Å². The zero-order valence-corrected chi connectivity index (χ0v) is 14.5. The second kappa shape index (κ2) is 8.39. The molecule has 0 radical (unpaired) electrons. The quantitative estimate of drug-likeness (QED) is 0.824. The minimum Gasteiger partial charge on any atom is -0.406 e. The molecule has 1 saturated heterocycles. The molecule has 1 heterocycles. The number of nitrogens with zero attached hydrogens (tertiary/aromatic N) is 2. The minimum atomic E-state index is -4.72. The van der Waals surface area contributed by atoms with Gasteiger partial charge in [-0.1, -0.05) is 12.1 Å². The highest BCUT2D eigenvalue weighted by molar-refractivity contribution is 5.80. The third-order valence-electron chi connectivity index (χ3n) is 4.26. The molecule has 0 saturated carbocycles. The normalized spacial score (nSPS) is 16.0. The Hall–Kier alpha value is -2.29. The lowest BCUT2D eigenvalue weighted by atomic mass is 9.96. The van der Waals surface area contributed by atoms with Crippen molar-refractivity contribution in [2.75, 3.05) is 26.7 Å². The smallest absolute Gasteiger partial charge is 0.406 e. The maximum absolute atomic E-state index is 12.3. The first-order chi connectivity index (χ1) is 12.1. The van der Waals surface area contributed by atoms with E-state index in [4.69, 9.17) is 5.73 Å². The summed E-state index contributed by atoms with van der Waals surface area (Å²) in [7, 11) is 1.76. The molecule has 9 heteroatoms. The van der Waals surface area contributed by atoms with E-state index in [0.717, 1.165) is 5.56 Å². The Morgan fingerprint density at radius 2 is 1.81 bits per heavy atom. The van der Waals surface area contributed by atoms with Crippen LogP contribution in [0.3, 0.4) is 0 Å². The molecule has 1 aliphatic heterocycles. The molecule has 26 heavy (non-hydrogen) atoms. The molecule has 144 valence electrons. The Morgan fingerprint density at radius 3 is 2.31 bits per heavy atom. The van der Waals surface area contributed by atoms with Gasteiger partial charge in [0.25, 0.3) is 0 Å². The number of likely N-dealkylation sites (tertiary alicyclic amines) is 1. The average molecular weight is 373 g/mol. The number of hydrogen-bond acceptors (Lipinski definition) is 4. The maximum Gasteiger partial charge on any atom is 0.573 e. The lowest BCUT2D eigenvalue weighted by Crippen LogP contribution is -2.45. The van der Waals surface area contributed by atoms with Crippen LogP contribution in [0.2, 0.25) is 0 Å². The van der Waals surface area contributed by atoms with Crippen LogP contribution in [0.1, 0.15) is 18.4 Å². The maximum atomic E-state index is 12.3. The Balaban J connectivity index is 1.80. The van der Waals surface area contributed by atoms with E-state index in [1.165, 1.54) is 24.3 Å². The van der Waals surface area contributed by atoms with Crippen molar-refractivity contribution in [1.82, 2.24) is 9.80 Å². The van der Waals surface area contributed by atoms with Crippen molar-refractivity contribution in [2.24, 2.45) is 11.7 Å². The Morgan fingerprint density at radius 1 is 1.23 bits per heavy atom. The molecular formula is C17H22F3N3O3. The number of piperidine rings is 1. The number of primary amides is 1. The number of carbonyl (C=O) groups is 2. The van der Waals surface area contributed by atoms with Crippen LogP contribution in [-0.2, 0) is 16.1 Å². The topological polar surface area (TPSA) is 75.9 Å². The summed E-state index contributed by atoms with van der Waals surface area (Å²) in [5.74, 6) is -0.828. The third-order valence-corrected chi connectivity index (χ3v) is 4.26. The van der Waals surface area contributed by atoms with Gasteiger partial charge in [-0.15, -0.1) is 13.2 Å². The first-order valence-electron chi connectivity index (χ1n) is 8.24. The Labute approximate surface area is 149 Å². The molecule has 2 amide bonds. The summed E-state index contributed by atoms with van der Waals surface area (Å²) in [5, 5.41) is 0. The van der Waals surface area contributed by atoms with Gasteiger partial charge in [0.2, 0.25) is 11.8 Å². The van der Waals surface area contributed by atoms with Crippen LogP contribution in [-0.4, -0.2) is 54.7 Å². The average Bonchev–Trinajstić information content (AvgIpc) is 2.55. The molecule has 0 aromatic heterocycles. The van der Waals surface area contributed by atoms with Gasteiger partial charge in [-0.2, -0.15) is 0 Å². The van der Waals surface area contributed by atoms with Crippen LogP contribution in [0.5, 0.6) is 5.75 Å². The molecule has 0 aliphatic carbocycles. The number of alkyl halides is 3. The molecular weight excluding hydrogens is 351 g/mol. The van der Waals surface area contributed by atoms with E-state index in [0.29, 0.717) is 32.5 Å². The van der Waals surface area contributed by atoms with Crippen molar-refractivity contribution in [1.29, 1.82) is 0 Å². The molecule has 0 atom stereocenters. The number of hydrogen-bond donors (Lipinski definition) is 1. The van der Waals surface area contributed by atoms with E-state index in [1.54, 1.807) is 16.8 Å². The number of carbonyl (C=O) groups excluding carboxylic acids is 2. The summed E-state index contributed by atoms with van der Waals surface area (Å²) in [4.78, 5) is 26.9. The molecule has 6 nitrogen and oxygen atoms in total. The summed E-state index contributed by atoms with van der Waals surface area (Å²) in [5.41, 5.74) is 6.04. The van der Waals surface area contributed by atoms with Crippen LogP contribution in [0.15, 0.2) is 24.3 Å². The monoisotopic (exact) mass is 373 g/mol. The number of halogens is 3. The van der Waals surface area contributed by atoms with Gasteiger partial charge in [-0.3, -0.25) is 14.5 Å². The molecule has 1 fully saturated rings. The van der Waals surface area contributed by atoms with Crippen molar-refractivity contribution < 1.29 is 27.5 Å². The zero-order chi connectivity index (χ0) is 19.3. The van der Waals surface area contributed by atoms with Crippen molar-refractivity contribution in [3.05, 3.63) is 29.8 Å². The van der Waals surface area contributed by atoms with Crippen molar-refractivity contribution in [3.63, 3.8) is 0 Å². The van der Waals surface area contributed by atoms with Crippen LogP contribution >= 0.6 is 0 Å². The summed E-state index contributed by atoms with van der Waals surface area (Å²) in [6, 6.07) is 5.54. The number of benzene rings is 1. The van der Waals surface area contributed by atoms with Gasteiger partial charge in [0.05, 0.1) is 6.54 Å². The van der Waals surface area contributed by atoms with E-state index < -0.39 is 6.36 Å². The Kier molecular flexibility index (Phi) is 6.47. The predicted octanol–water partition coefficient (Wildman–Crippen LogP) is 1.74. The highest BCUT2D eigenvalue weighted by atomic mass is 19.4. The van der Waals surface area contributed by atoms with Gasteiger partial charge in [0.1, 0.15) is 5.75 Å². The fraction of sp³-hybridized carbons (Fsp3) is 0.529. The first-order valence-corrected chi connectivity index (χ1v) is 8.24. The molecule has 2 rings (SSSR count). The Bertz CT molecular complexity index is 626. The summed E-state index contributed by atoms with van der Waals surface area (Å²) < 4.78 is 40.3. The van der Waals surface area contributed by atoms with E-state index in [9.17, 15) is 22.8 Å². The lowest BCUT2D eigenvalue weighted by Gasteiger charge is -2.31. The lowest BCUT2D eigenvalue weighted by molar-refractivity contribution is -0.274. The minimum absolute atomic E-state index is 0.0487. The summed E-state index contributed by atoms with van der Waals surface area (Å²) in [6.07, 6.45) is -3.57. The zero-order valence-electron chi connectivity index (χ0n) is 14.5. The van der Waals surface area contributed by atoms with E-state index in [2.05, 4.69) is 4.74 Å². The molecule has 1 aliphatic rings. The van der Waals surface area contributed by atoms with Gasteiger partial charge in [0.15, 0.2) is 0 Å². The van der Waals surface area contributed by atoms with Gasteiger partial charge in [-0.25, -0.2) is 0 Å². The van der Waals surface area contributed by atoms with E-state index >= 15 is 0 Å². The van der Waals surface area contributed by atoms with E-state index in [-0.39, 0.29) is 30.0 Å². The number of likely N-dealkylation sites (N-methyl/N-ethyl adjacent to an activating group) is 1. The molecule has 2 N–H and O–H groups in total. The number of amides is 2. The van der Waals surface area contributed by atoms with Gasteiger partial charge >= 0.3 is 6.36 Å². The highest BCUT2D eigenvalue weighted by Gasteiger charge is 2.31. The number of ether oxygens (including phenoxy) is 1. The van der Waals surface area contributed by atoms with Crippen molar-refractivity contribution in [3.8, 4) is 5.75 Å². The summed E-state index contributed by atoms with van der Waals surface area (Å²) >= 11 is 0. The predicted molar refractivity (Wildman–Crippen MR) is 88.0 cm³/mol. The molecule has 1 aromatic carbocycles. The van der Waals surface area contributed by atoms with Gasteiger partial charge in [0, 0.05) is 25.6 Å². The van der Waals surface area contributed by atoms with Crippen molar-refractivity contribution in [2.45, 2.75) is 25.7 Å². The molecule has 0 spiro atoms. The number of rotatable bonds is 6. The number of nitrogens with two attached hydrogens (primary N) is 1. The first kappa shape index (κ1) is 20.0.